The monoisotopic (exact) mass is 374 g/mol. The van der Waals surface area contributed by atoms with E-state index in [1.54, 1.807) is 14.2 Å². The minimum absolute atomic E-state index is 0.818. The topological polar surface area (TPSA) is 35.5 Å². The Bertz CT molecular complexity index is 978. The predicted octanol–water partition coefficient (Wildman–Crippen LogP) is 5.30. The smallest absolute Gasteiger partial charge is 0.136 e. The lowest BCUT2D eigenvalue weighted by atomic mass is 10.2. The van der Waals surface area contributed by atoms with Crippen LogP contribution in [0.25, 0.3) is 20.2 Å². The largest absolute Gasteiger partial charge is 0.495 e. The van der Waals surface area contributed by atoms with Crippen LogP contribution >= 0.6 is 22.7 Å². The maximum Gasteiger partial charge on any atom is 0.136 e. The molecule has 0 aliphatic carbocycles. The lowest BCUT2D eigenvalue weighted by Crippen LogP contribution is -1.84. The minimum Gasteiger partial charge on any atom is -0.495 e. The maximum atomic E-state index is 13.0. The van der Waals surface area contributed by atoms with Gasteiger partial charge >= 0.3 is 0 Å². The minimum atomic E-state index is -1.21. The van der Waals surface area contributed by atoms with Crippen LogP contribution in [0.5, 0.6) is 11.5 Å². The van der Waals surface area contributed by atoms with Gasteiger partial charge < -0.3 is 9.47 Å². The van der Waals surface area contributed by atoms with Crippen LogP contribution in [0.4, 0.5) is 0 Å². The zero-order valence-electron chi connectivity index (χ0n) is 13.1. The quantitative estimate of drug-likeness (QED) is 0.486. The summed E-state index contributed by atoms with van der Waals surface area (Å²) in [6.07, 6.45) is 0. The van der Waals surface area contributed by atoms with Crippen LogP contribution in [-0.2, 0) is 10.8 Å². The average Bonchev–Trinajstić information content (AvgIpc) is 3.24. The highest BCUT2D eigenvalue weighted by molar-refractivity contribution is 7.89. The van der Waals surface area contributed by atoms with Crippen molar-refractivity contribution in [1.29, 1.82) is 0 Å². The van der Waals surface area contributed by atoms with E-state index in [0.717, 1.165) is 40.1 Å². The Morgan fingerprint density at radius 3 is 1.67 bits per heavy atom. The molecule has 3 nitrogen and oxygen atoms in total. The van der Waals surface area contributed by atoms with Crippen LogP contribution in [-0.4, -0.2) is 18.4 Å². The van der Waals surface area contributed by atoms with Crippen LogP contribution in [0.1, 0.15) is 0 Å². The number of fused-ring (bicyclic) bond motifs is 2. The zero-order valence-corrected chi connectivity index (χ0v) is 15.5. The zero-order chi connectivity index (χ0) is 16.7. The van der Waals surface area contributed by atoms with E-state index in [1.807, 2.05) is 48.5 Å². The first-order valence-corrected chi connectivity index (χ1v) is 10.0. The second-order valence-corrected chi connectivity index (χ2v) is 9.20. The van der Waals surface area contributed by atoms with Crippen molar-refractivity contribution >= 4 is 53.6 Å². The molecule has 2 aromatic carbocycles. The highest BCUT2D eigenvalue weighted by Gasteiger charge is 2.17. The predicted molar refractivity (Wildman–Crippen MR) is 101 cm³/mol. The van der Waals surface area contributed by atoms with E-state index < -0.39 is 10.8 Å². The highest BCUT2D eigenvalue weighted by Crippen LogP contribution is 2.40. The van der Waals surface area contributed by atoms with Gasteiger partial charge in [0.2, 0.25) is 0 Å². The first-order chi connectivity index (χ1) is 11.7. The Morgan fingerprint density at radius 2 is 1.25 bits per heavy atom. The standard InChI is InChI=1S/C18H14O3S3/c1-20-13-7-3-5-11-9-15(22-17(11)13)24(19)16-10-12-6-4-8-14(21-2)18(12)23-16/h3-10H,1-2H3. The van der Waals surface area contributed by atoms with E-state index in [4.69, 9.17) is 9.47 Å². The molecule has 0 saturated heterocycles. The Balaban J connectivity index is 1.81. The third kappa shape index (κ3) is 2.51. The lowest BCUT2D eigenvalue weighted by molar-refractivity contribution is 0.420. The van der Waals surface area contributed by atoms with Gasteiger partial charge in [-0.15, -0.1) is 22.7 Å². The molecule has 0 aliphatic rings. The van der Waals surface area contributed by atoms with E-state index in [1.165, 1.54) is 22.7 Å². The van der Waals surface area contributed by atoms with Crippen molar-refractivity contribution in [2.24, 2.45) is 0 Å². The molecule has 6 heteroatoms. The first kappa shape index (κ1) is 15.6. The summed E-state index contributed by atoms with van der Waals surface area (Å²) in [6.45, 7) is 0. The van der Waals surface area contributed by atoms with Gasteiger partial charge in [0, 0.05) is 0 Å². The molecule has 122 valence electrons. The van der Waals surface area contributed by atoms with Gasteiger partial charge in [0.15, 0.2) is 0 Å². The van der Waals surface area contributed by atoms with Crippen LogP contribution in [0.2, 0.25) is 0 Å². The fraction of sp³-hybridized carbons (Fsp3) is 0.111. The molecule has 0 atom stereocenters. The SMILES string of the molecule is COc1cccc2cc(S(=O)c3cc4cccc(OC)c4s3)sc12. The van der Waals surface area contributed by atoms with Crippen molar-refractivity contribution in [3.8, 4) is 11.5 Å². The number of benzene rings is 2. The summed E-state index contributed by atoms with van der Waals surface area (Å²) in [5, 5.41) is 2.11. The molecule has 0 bridgehead atoms. The fourth-order valence-corrected chi connectivity index (χ4v) is 6.87. The summed E-state index contributed by atoms with van der Waals surface area (Å²) in [6, 6.07) is 15.8. The number of methoxy groups -OCH3 is 2. The van der Waals surface area contributed by atoms with Gasteiger partial charge in [-0.05, 0) is 35.0 Å². The molecule has 0 aliphatic heterocycles. The maximum absolute atomic E-state index is 13.0. The number of rotatable bonds is 4. The van der Waals surface area contributed by atoms with Crippen LogP contribution in [0.3, 0.4) is 0 Å². The van der Waals surface area contributed by atoms with E-state index in [9.17, 15) is 4.21 Å². The number of ether oxygens (including phenoxy) is 2. The normalized spacial score (nSPS) is 11.5. The van der Waals surface area contributed by atoms with Crippen molar-refractivity contribution < 1.29 is 13.7 Å². The molecule has 2 heterocycles. The van der Waals surface area contributed by atoms with Crippen molar-refractivity contribution in [3.63, 3.8) is 0 Å². The third-order valence-electron chi connectivity index (χ3n) is 3.78. The Kier molecular flexibility index (Phi) is 4.04. The fourth-order valence-electron chi connectivity index (χ4n) is 2.63. The van der Waals surface area contributed by atoms with Gasteiger partial charge in [-0.25, -0.2) is 4.21 Å². The van der Waals surface area contributed by atoms with Crippen molar-refractivity contribution in [1.82, 2.24) is 0 Å². The van der Waals surface area contributed by atoms with Crippen molar-refractivity contribution in [2.75, 3.05) is 14.2 Å². The molecule has 0 radical (unpaired) electrons. The summed E-state index contributed by atoms with van der Waals surface area (Å²) in [5.74, 6) is 1.64. The van der Waals surface area contributed by atoms with E-state index >= 15 is 0 Å². The van der Waals surface area contributed by atoms with Gasteiger partial charge in [0.05, 0.1) is 32.0 Å². The number of thiophene rings is 2. The Labute approximate surface area is 149 Å². The second-order valence-electron chi connectivity index (χ2n) is 5.16. The molecule has 0 amide bonds. The Hall–Kier alpha value is -1.89. The van der Waals surface area contributed by atoms with E-state index in [2.05, 4.69) is 0 Å². The molecule has 2 aromatic heterocycles. The summed E-state index contributed by atoms with van der Waals surface area (Å²) in [7, 11) is 2.11. The van der Waals surface area contributed by atoms with Gasteiger partial charge in [0.25, 0.3) is 0 Å². The second kappa shape index (κ2) is 6.20. The van der Waals surface area contributed by atoms with E-state index in [0.29, 0.717) is 0 Å². The third-order valence-corrected chi connectivity index (χ3v) is 8.07. The first-order valence-electron chi connectivity index (χ1n) is 7.26. The molecule has 0 N–H and O–H groups in total. The molecule has 4 aromatic rings. The number of hydrogen-bond donors (Lipinski definition) is 0. The van der Waals surface area contributed by atoms with Crippen LogP contribution in [0.15, 0.2) is 56.9 Å². The van der Waals surface area contributed by atoms with Crippen LogP contribution < -0.4 is 9.47 Å². The van der Waals surface area contributed by atoms with Crippen molar-refractivity contribution in [2.45, 2.75) is 8.42 Å². The molecule has 0 fully saturated rings. The van der Waals surface area contributed by atoms with Gasteiger partial charge in [-0.2, -0.15) is 0 Å². The molecule has 0 unspecified atom stereocenters. The molecule has 4 rings (SSSR count). The van der Waals surface area contributed by atoms with Gasteiger partial charge in [-0.1, -0.05) is 24.3 Å². The molecule has 0 spiro atoms. The van der Waals surface area contributed by atoms with Crippen LogP contribution in [0, 0.1) is 0 Å². The molecular formula is C18H14O3S3. The summed E-state index contributed by atoms with van der Waals surface area (Å²) < 4.78 is 27.6. The average molecular weight is 375 g/mol. The summed E-state index contributed by atoms with van der Waals surface area (Å²) >= 11 is 3.04. The summed E-state index contributed by atoms with van der Waals surface area (Å²) in [4.78, 5) is 0. The molecule has 24 heavy (non-hydrogen) atoms. The van der Waals surface area contributed by atoms with E-state index in [-0.39, 0.29) is 0 Å². The number of hydrogen-bond acceptors (Lipinski definition) is 5. The molecular weight excluding hydrogens is 360 g/mol. The Morgan fingerprint density at radius 1 is 0.792 bits per heavy atom. The lowest BCUT2D eigenvalue weighted by Gasteiger charge is -1.99. The van der Waals surface area contributed by atoms with Crippen molar-refractivity contribution in [3.05, 3.63) is 48.5 Å². The highest BCUT2D eigenvalue weighted by atomic mass is 32.2. The van der Waals surface area contributed by atoms with Gasteiger partial charge in [-0.3, -0.25) is 0 Å². The summed E-state index contributed by atoms with van der Waals surface area (Å²) in [5.41, 5.74) is 0. The molecule has 0 saturated carbocycles. The van der Waals surface area contributed by atoms with Gasteiger partial charge in [0.1, 0.15) is 22.3 Å².